The van der Waals surface area contributed by atoms with Crippen LogP contribution < -0.4 is 11.5 Å². The molecule has 1 aliphatic rings. The lowest BCUT2D eigenvalue weighted by Crippen LogP contribution is -2.28. The van der Waals surface area contributed by atoms with Gasteiger partial charge in [0.2, 0.25) is 0 Å². The summed E-state index contributed by atoms with van der Waals surface area (Å²) >= 11 is 6.93. The number of rotatable bonds is 2. The minimum atomic E-state index is -0.0206. The monoisotopic (exact) mass is 398 g/mol. The Kier molecular flexibility index (Phi) is 6.41. The van der Waals surface area contributed by atoms with Gasteiger partial charge in [0, 0.05) is 28.2 Å². The van der Waals surface area contributed by atoms with Crippen molar-refractivity contribution in [2.75, 3.05) is 18.9 Å². The Morgan fingerprint density at radius 1 is 1.22 bits per heavy atom. The largest absolute Gasteiger partial charge is 0.398 e. The van der Waals surface area contributed by atoms with Gasteiger partial charge in [-0.2, -0.15) is 0 Å². The Balaban J connectivity index is 0.00000162. The third kappa shape index (κ3) is 3.61. The number of hydrogen-bond acceptors (Lipinski definition) is 3. The normalized spacial score (nSPS) is 18.2. The third-order valence-electron chi connectivity index (χ3n) is 3.26. The molecule has 1 aromatic carbocycles. The Hall–Kier alpha value is 0.190. The first-order valence-corrected chi connectivity index (χ1v) is 7.26. The minimum absolute atomic E-state index is 0. The fourth-order valence-corrected chi connectivity index (χ4v) is 3.47. The molecule has 1 fully saturated rings. The Morgan fingerprint density at radius 3 is 2.44 bits per heavy atom. The maximum Gasteiger partial charge on any atom is 0.0507 e. The van der Waals surface area contributed by atoms with E-state index in [4.69, 9.17) is 16.2 Å². The molecule has 1 aromatic rings. The second-order valence-corrected chi connectivity index (χ2v) is 6.14. The number of ether oxygens (including phenoxy) is 1. The molecule has 0 amide bonds. The van der Waals surface area contributed by atoms with Crippen LogP contribution in [0.4, 0.5) is 5.69 Å². The van der Waals surface area contributed by atoms with Crippen molar-refractivity contribution < 1.29 is 4.74 Å². The molecule has 0 radical (unpaired) electrons. The van der Waals surface area contributed by atoms with Gasteiger partial charge in [-0.05, 0) is 52.4 Å². The van der Waals surface area contributed by atoms with Gasteiger partial charge in [-0.15, -0.1) is 12.4 Å². The predicted molar refractivity (Wildman–Crippen MR) is 84.0 cm³/mol. The standard InChI is InChI=1S/C12H16Br2N2O.ClH/c13-8-5-9(12(16)10(14)6-8)11(15)7-1-3-17-4-2-7;/h5-7,11H,1-4,15-16H2;1H/t11-;/m0./s1. The van der Waals surface area contributed by atoms with E-state index in [0.29, 0.717) is 5.92 Å². The Bertz CT molecular complexity index is 411. The van der Waals surface area contributed by atoms with E-state index < -0.39 is 0 Å². The topological polar surface area (TPSA) is 61.3 Å². The molecule has 0 spiro atoms. The van der Waals surface area contributed by atoms with E-state index >= 15 is 0 Å². The van der Waals surface area contributed by atoms with E-state index in [2.05, 4.69) is 31.9 Å². The fraction of sp³-hybridized carbons (Fsp3) is 0.500. The van der Waals surface area contributed by atoms with Gasteiger partial charge in [-0.3, -0.25) is 0 Å². The van der Waals surface area contributed by atoms with Gasteiger partial charge in [0.05, 0.1) is 5.69 Å². The van der Waals surface area contributed by atoms with Crippen molar-refractivity contribution in [1.82, 2.24) is 0 Å². The smallest absolute Gasteiger partial charge is 0.0507 e. The van der Waals surface area contributed by atoms with Gasteiger partial charge in [-0.1, -0.05) is 15.9 Å². The second kappa shape index (κ2) is 7.10. The van der Waals surface area contributed by atoms with Crippen molar-refractivity contribution in [1.29, 1.82) is 0 Å². The number of anilines is 1. The van der Waals surface area contributed by atoms with Crippen LogP contribution in [-0.4, -0.2) is 13.2 Å². The quantitative estimate of drug-likeness (QED) is 0.745. The Labute approximate surface area is 130 Å². The lowest BCUT2D eigenvalue weighted by Gasteiger charge is -2.29. The average molecular weight is 401 g/mol. The molecule has 0 unspecified atom stereocenters. The van der Waals surface area contributed by atoms with Gasteiger partial charge in [-0.25, -0.2) is 0 Å². The van der Waals surface area contributed by atoms with Crippen LogP contribution in [0.5, 0.6) is 0 Å². The zero-order chi connectivity index (χ0) is 12.4. The molecular formula is C12H17Br2ClN2O. The van der Waals surface area contributed by atoms with Gasteiger partial charge in [0.25, 0.3) is 0 Å². The van der Waals surface area contributed by atoms with E-state index in [1.807, 2.05) is 12.1 Å². The van der Waals surface area contributed by atoms with Crippen LogP contribution in [0.3, 0.4) is 0 Å². The molecule has 2 rings (SSSR count). The van der Waals surface area contributed by atoms with E-state index in [-0.39, 0.29) is 18.4 Å². The van der Waals surface area contributed by atoms with E-state index in [9.17, 15) is 0 Å². The molecule has 0 aliphatic carbocycles. The number of nitrogens with two attached hydrogens (primary N) is 2. The minimum Gasteiger partial charge on any atom is -0.398 e. The van der Waals surface area contributed by atoms with Crippen LogP contribution in [0.15, 0.2) is 21.1 Å². The van der Waals surface area contributed by atoms with E-state index in [1.165, 1.54) is 0 Å². The Morgan fingerprint density at radius 2 is 1.83 bits per heavy atom. The lowest BCUT2D eigenvalue weighted by molar-refractivity contribution is 0.0584. The molecule has 3 nitrogen and oxygen atoms in total. The molecule has 0 saturated carbocycles. The highest BCUT2D eigenvalue weighted by Crippen LogP contribution is 2.36. The summed E-state index contributed by atoms with van der Waals surface area (Å²) in [5.74, 6) is 0.451. The summed E-state index contributed by atoms with van der Waals surface area (Å²) < 4.78 is 7.25. The van der Waals surface area contributed by atoms with Crippen molar-refractivity contribution in [3.63, 3.8) is 0 Å². The first-order chi connectivity index (χ1) is 8.09. The van der Waals surface area contributed by atoms with Crippen LogP contribution in [0.1, 0.15) is 24.4 Å². The van der Waals surface area contributed by atoms with Crippen LogP contribution in [-0.2, 0) is 4.74 Å². The maximum absolute atomic E-state index is 6.33. The van der Waals surface area contributed by atoms with Crippen molar-refractivity contribution in [2.45, 2.75) is 18.9 Å². The maximum atomic E-state index is 6.33. The zero-order valence-corrected chi connectivity index (χ0v) is 13.9. The second-order valence-electron chi connectivity index (χ2n) is 4.37. The molecule has 1 heterocycles. The first kappa shape index (κ1) is 16.2. The van der Waals surface area contributed by atoms with Crippen LogP contribution >= 0.6 is 44.3 Å². The van der Waals surface area contributed by atoms with Crippen LogP contribution in [0, 0.1) is 5.92 Å². The highest BCUT2D eigenvalue weighted by atomic mass is 79.9. The SMILES string of the molecule is Cl.Nc1c(Br)cc(Br)cc1[C@@H](N)C1CCOCC1. The van der Waals surface area contributed by atoms with Crippen molar-refractivity contribution in [2.24, 2.45) is 11.7 Å². The summed E-state index contributed by atoms with van der Waals surface area (Å²) in [4.78, 5) is 0. The predicted octanol–water partition coefficient (Wildman–Crippen LogP) is 3.64. The fourth-order valence-electron chi connectivity index (χ4n) is 2.21. The van der Waals surface area contributed by atoms with Gasteiger partial charge in [0.15, 0.2) is 0 Å². The average Bonchev–Trinajstić information content (AvgIpc) is 2.34. The summed E-state index contributed by atoms with van der Waals surface area (Å²) in [6.07, 6.45) is 2.01. The van der Waals surface area contributed by atoms with E-state index in [0.717, 1.165) is 46.3 Å². The number of hydrogen-bond donors (Lipinski definition) is 2. The molecule has 1 atom stereocenters. The summed E-state index contributed by atoms with van der Waals surface area (Å²) in [5.41, 5.74) is 14.2. The molecule has 1 saturated heterocycles. The molecule has 0 bridgehead atoms. The van der Waals surface area contributed by atoms with Crippen LogP contribution in [0.2, 0.25) is 0 Å². The van der Waals surface area contributed by atoms with Crippen molar-refractivity contribution in [3.05, 3.63) is 26.6 Å². The molecule has 1 aliphatic heterocycles. The summed E-state index contributed by atoms with van der Waals surface area (Å²) in [7, 11) is 0. The summed E-state index contributed by atoms with van der Waals surface area (Å²) in [5, 5.41) is 0. The zero-order valence-electron chi connectivity index (χ0n) is 9.86. The molecule has 6 heteroatoms. The third-order valence-corrected chi connectivity index (χ3v) is 4.37. The van der Waals surface area contributed by atoms with Crippen molar-refractivity contribution in [3.8, 4) is 0 Å². The molecule has 0 aromatic heterocycles. The number of nitrogen functional groups attached to an aromatic ring is 1. The van der Waals surface area contributed by atoms with Gasteiger partial charge >= 0.3 is 0 Å². The van der Waals surface area contributed by atoms with Crippen LogP contribution in [0.25, 0.3) is 0 Å². The summed E-state index contributed by atoms with van der Waals surface area (Å²) in [6, 6.07) is 3.93. The highest BCUT2D eigenvalue weighted by molar-refractivity contribution is 9.11. The number of halogens is 3. The van der Waals surface area contributed by atoms with Gasteiger partial charge < -0.3 is 16.2 Å². The van der Waals surface area contributed by atoms with Gasteiger partial charge in [0.1, 0.15) is 0 Å². The first-order valence-electron chi connectivity index (χ1n) is 5.67. The molecule has 102 valence electrons. The molecule has 4 N–H and O–H groups in total. The lowest BCUT2D eigenvalue weighted by atomic mass is 9.87. The molecule has 18 heavy (non-hydrogen) atoms. The summed E-state index contributed by atoms with van der Waals surface area (Å²) in [6.45, 7) is 1.60. The highest BCUT2D eigenvalue weighted by Gasteiger charge is 2.24. The van der Waals surface area contributed by atoms with E-state index in [1.54, 1.807) is 0 Å². The molecular weight excluding hydrogens is 383 g/mol. The van der Waals surface area contributed by atoms with Crippen molar-refractivity contribution >= 4 is 50.0 Å². The number of benzene rings is 1.